The molecule has 1 aromatic heterocycles. The molecule has 3 amide bonds. The Kier molecular flexibility index (Phi) is 5.90. The molecule has 1 unspecified atom stereocenters. The fourth-order valence-corrected chi connectivity index (χ4v) is 2.95. The van der Waals surface area contributed by atoms with Gasteiger partial charge in [0.05, 0.1) is 18.2 Å². The van der Waals surface area contributed by atoms with Crippen molar-refractivity contribution < 1.29 is 18.8 Å². The fourth-order valence-electron chi connectivity index (χ4n) is 2.95. The molecule has 3 rings (SSSR count). The first-order valence-electron chi connectivity index (χ1n) is 9.03. The smallest absolute Gasteiger partial charge is 0.255 e. The van der Waals surface area contributed by atoms with Crippen molar-refractivity contribution in [3.8, 4) is 0 Å². The van der Waals surface area contributed by atoms with E-state index in [1.165, 1.54) is 18.6 Å². The first-order valence-corrected chi connectivity index (χ1v) is 9.03. The molecule has 2 N–H and O–H groups in total. The third-order valence-electron chi connectivity index (χ3n) is 4.56. The summed E-state index contributed by atoms with van der Waals surface area (Å²) < 4.78 is 4.86. The highest BCUT2D eigenvalue weighted by atomic mass is 16.3. The summed E-state index contributed by atoms with van der Waals surface area (Å²) in [6, 6.07) is 8.01. The average Bonchev–Trinajstić information content (AvgIpc) is 3.37. The predicted octanol–water partition coefficient (Wildman–Crippen LogP) is 2.20. The van der Waals surface area contributed by atoms with Crippen molar-refractivity contribution in [2.24, 2.45) is 0 Å². The highest BCUT2D eigenvalue weighted by Gasteiger charge is 2.19. The summed E-state index contributed by atoms with van der Waals surface area (Å²) in [4.78, 5) is 38.3. The van der Waals surface area contributed by atoms with Crippen molar-refractivity contribution >= 4 is 23.4 Å². The normalized spacial score (nSPS) is 14.6. The number of carbonyl (C=O) groups excluding carboxylic acids is 3. The maximum absolute atomic E-state index is 12.2. The number of benzene rings is 1. The zero-order valence-electron chi connectivity index (χ0n) is 15.2. The minimum atomic E-state index is -0.705. The van der Waals surface area contributed by atoms with Crippen LogP contribution in [0.15, 0.2) is 47.3 Å². The molecule has 0 aliphatic carbocycles. The van der Waals surface area contributed by atoms with Gasteiger partial charge in [-0.1, -0.05) is 12.1 Å². The second-order valence-electron chi connectivity index (χ2n) is 6.66. The van der Waals surface area contributed by atoms with E-state index in [2.05, 4.69) is 10.6 Å². The molecule has 1 aromatic carbocycles. The van der Waals surface area contributed by atoms with Gasteiger partial charge in [-0.3, -0.25) is 14.4 Å². The number of furan rings is 1. The number of anilines is 1. The van der Waals surface area contributed by atoms with Gasteiger partial charge in [-0.05, 0) is 43.5 Å². The average molecular weight is 369 g/mol. The second-order valence-corrected chi connectivity index (χ2v) is 6.66. The zero-order chi connectivity index (χ0) is 19.2. The maximum Gasteiger partial charge on any atom is 0.255 e. The second kappa shape index (κ2) is 8.53. The Labute approximate surface area is 157 Å². The van der Waals surface area contributed by atoms with Crippen molar-refractivity contribution in [3.63, 3.8) is 0 Å². The van der Waals surface area contributed by atoms with Crippen LogP contribution in [-0.4, -0.2) is 41.8 Å². The van der Waals surface area contributed by atoms with Gasteiger partial charge < -0.3 is 20.0 Å². The van der Waals surface area contributed by atoms with E-state index in [0.29, 0.717) is 17.7 Å². The van der Waals surface area contributed by atoms with Crippen molar-refractivity contribution in [3.05, 3.63) is 54.0 Å². The van der Waals surface area contributed by atoms with E-state index in [1.54, 1.807) is 19.1 Å². The third-order valence-corrected chi connectivity index (χ3v) is 4.56. The molecular formula is C20H23N3O4. The Balaban J connectivity index is 1.50. The fraction of sp³-hybridized carbons (Fsp3) is 0.350. The van der Waals surface area contributed by atoms with E-state index in [4.69, 9.17) is 4.42 Å². The van der Waals surface area contributed by atoms with Crippen LogP contribution in [-0.2, 0) is 16.0 Å². The molecular weight excluding hydrogens is 346 g/mol. The van der Waals surface area contributed by atoms with Crippen LogP contribution in [0.5, 0.6) is 0 Å². The lowest BCUT2D eigenvalue weighted by atomic mass is 10.1. The summed E-state index contributed by atoms with van der Waals surface area (Å²) in [5, 5.41) is 5.37. The zero-order valence-corrected chi connectivity index (χ0v) is 15.2. The number of rotatable bonds is 6. The van der Waals surface area contributed by atoms with Gasteiger partial charge in [0.25, 0.3) is 5.91 Å². The topological polar surface area (TPSA) is 91.6 Å². The molecule has 1 fully saturated rings. The van der Waals surface area contributed by atoms with Crippen molar-refractivity contribution in [1.82, 2.24) is 10.2 Å². The summed E-state index contributed by atoms with van der Waals surface area (Å²) in [6.45, 7) is 3.29. The number of likely N-dealkylation sites (tertiary alicyclic amines) is 1. The van der Waals surface area contributed by atoms with Crippen LogP contribution in [0.2, 0.25) is 0 Å². The first-order chi connectivity index (χ1) is 13.0. The van der Waals surface area contributed by atoms with Gasteiger partial charge in [-0.2, -0.15) is 0 Å². The molecule has 2 aromatic rings. The lowest BCUT2D eigenvalue weighted by Gasteiger charge is -2.16. The number of hydrogen-bond donors (Lipinski definition) is 2. The summed E-state index contributed by atoms with van der Waals surface area (Å²) >= 11 is 0. The number of nitrogens with zero attached hydrogens (tertiary/aromatic N) is 1. The largest absolute Gasteiger partial charge is 0.472 e. The SMILES string of the molecule is CC(NC(=O)c1ccoc1)C(=O)Nc1ccc(CC(=O)N2CCCC2)cc1. The monoisotopic (exact) mass is 369 g/mol. The van der Waals surface area contributed by atoms with Gasteiger partial charge in [0.2, 0.25) is 11.8 Å². The van der Waals surface area contributed by atoms with Crippen molar-refractivity contribution in [2.45, 2.75) is 32.2 Å². The predicted molar refractivity (Wildman–Crippen MR) is 100 cm³/mol. The molecule has 7 nitrogen and oxygen atoms in total. The molecule has 1 atom stereocenters. The summed E-state index contributed by atoms with van der Waals surface area (Å²) in [6.07, 6.45) is 5.24. The minimum absolute atomic E-state index is 0.139. The van der Waals surface area contributed by atoms with Crippen LogP contribution >= 0.6 is 0 Å². The van der Waals surface area contributed by atoms with Gasteiger partial charge in [0.1, 0.15) is 12.3 Å². The van der Waals surface area contributed by atoms with Gasteiger partial charge in [0.15, 0.2) is 0 Å². The molecule has 0 spiro atoms. The molecule has 7 heteroatoms. The number of carbonyl (C=O) groups is 3. The van der Waals surface area contributed by atoms with E-state index in [1.807, 2.05) is 17.0 Å². The molecule has 1 aliphatic heterocycles. The standard InChI is InChI=1S/C20H23N3O4/c1-14(21-20(26)16-8-11-27-13-16)19(25)22-17-6-4-15(5-7-17)12-18(24)23-9-2-3-10-23/h4-8,11,13-14H,2-3,9-10,12H2,1H3,(H,21,26)(H,22,25). The summed E-state index contributed by atoms with van der Waals surface area (Å²) in [5.74, 6) is -0.560. The van der Waals surface area contributed by atoms with Crippen molar-refractivity contribution in [1.29, 1.82) is 0 Å². The number of hydrogen-bond acceptors (Lipinski definition) is 4. The Morgan fingerprint density at radius 3 is 2.44 bits per heavy atom. The lowest BCUT2D eigenvalue weighted by molar-refractivity contribution is -0.129. The molecule has 0 saturated carbocycles. The van der Waals surface area contributed by atoms with Crippen LogP contribution in [0.4, 0.5) is 5.69 Å². The summed E-state index contributed by atoms with van der Waals surface area (Å²) in [5.41, 5.74) is 1.88. The molecule has 2 heterocycles. The van der Waals surface area contributed by atoms with E-state index in [0.717, 1.165) is 31.5 Å². The van der Waals surface area contributed by atoms with E-state index in [9.17, 15) is 14.4 Å². The number of nitrogens with one attached hydrogen (secondary N) is 2. The highest BCUT2D eigenvalue weighted by Crippen LogP contribution is 2.14. The first kappa shape index (κ1) is 18.7. The van der Waals surface area contributed by atoms with E-state index < -0.39 is 6.04 Å². The Bertz CT molecular complexity index is 793. The summed E-state index contributed by atoms with van der Waals surface area (Å²) in [7, 11) is 0. The van der Waals surface area contributed by atoms with Gasteiger partial charge in [-0.15, -0.1) is 0 Å². The van der Waals surface area contributed by atoms with E-state index in [-0.39, 0.29) is 17.7 Å². The molecule has 1 aliphatic rings. The molecule has 0 radical (unpaired) electrons. The van der Waals surface area contributed by atoms with Gasteiger partial charge >= 0.3 is 0 Å². The lowest BCUT2D eigenvalue weighted by Crippen LogP contribution is -2.41. The number of amides is 3. The molecule has 142 valence electrons. The molecule has 27 heavy (non-hydrogen) atoms. The van der Waals surface area contributed by atoms with E-state index >= 15 is 0 Å². The van der Waals surface area contributed by atoms with Gasteiger partial charge in [0, 0.05) is 18.8 Å². The Hall–Kier alpha value is -3.09. The Morgan fingerprint density at radius 2 is 1.81 bits per heavy atom. The van der Waals surface area contributed by atoms with Crippen molar-refractivity contribution in [2.75, 3.05) is 18.4 Å². The van der Waals surface area contributed by atoms with Gasteiger partial charge in [-0.25, -0.2) is 0 Å². The maximum atomic E-state index is 12.2. The quantitative estimate of drug-likeness (QED) is 0.817. The van der Waals surface area contributed by atoms with Crippen LogP contribution in [0, 0.1) is 0 Å². The van der Waals surface area contributed by atoms with Crippen LogP contribution < -0.4 is 10.6 Å². The van der Waals surface area contributed by atoms with Crippen LogP contribution in [0.25, 0.3) is 0 Å². The highest BCUT2D eigenvalue weighted by molar-refractivity contribution is 6.00. The third kappa shape index (κ3) is 4.97. The minimum Gasteiger partial charge on any atom is -0.472 e. The molecule has 1 saturated heterocycles. The Morgan fingerprint density at radius 1 is 1.11 bits per heavy atom. The molecule has 0 bridgehead atoms. The van der Waals surface area contributed by atoms with Crippen LogP contribution in [0.3, 0.4) is 0 Å². The van der Waals surface area contributed by atoms with Crippen LogP contribution in [0.1, 0.15) is 35.7 Å².